The van der Waals surface area contributed by atoms with E-state index in [0.717, 1.165) is 17.8 Å². The lowest BCUT2D eigenvalue weighted by molar-refractivity contribution is 0.132. The summed E-state index contributed by atoms with van der Waals surface area (Å²) in [6.45, 7) is 1.22. The highest BCUT2D eigenvalue weighted by Crippen LogP contribution is 2.28. The van der Waals surface area contributed by atoms with E-state index in [4.69, 9.17) is 5.11 Å². The molecule has 0 unspecified atom stereocenters. The van der Waals surface area contributed by atoms with Crippen LogP contribution in [0, 0.1) is 0 Å². The summed E-state index contributed by atoms with van der Waals surface area (Å²) in [6.07, 6.45) is 2.47. The third-order valence-corrected chi connectivity index (χ3v) is 3.32. The van der Waals surface area contributed by atoms with Crippen LogP contribution < -0.4 is 0 Å². The summed E-state index contributed by atoms with van der Waals surface area (Å²) in [6, 6.07) is 0. The van der Waals surface area contributed by atoms with Crippen LogP contribution in [0.5, 0.6) is 0 Å². The van der Waals surface area contributed by atoms with Crippen LogP contribution in [-0.2, 0) is 0 Å². The molecule has 14 heavy (non-hydrogen) atoms. The molecule has 2 rings (SSSR count). The van der Waals surface area contributed by atoms with Crippen molar-refractivity contribution in [2.75, 3.05) is 13.1 Å². The number of likely N-dealkylation sites (tertiary alicyclic amines) is 1. The zero-order chi connectivity index (χ0) is 9.97. The van der Waals surface area contributed by atoms with Crippen molar-refractivity contribution in [1.29, 1.82) is 0 Å². The molecule has 0 aliphatic carbocycles. The van der Waals surface area contributed by atoms with Crippen LogP contribution in [0.25, 0.3) is 0 Å². The number of hydrogen-bond donors (Lipinski definition) is 1. The molecule has 1 aliphatic heterocycles. The first-order valence-corrected chi connectivity index (χ1v) is 5.29. The second-order valence-corrected chi connectivity index (χ2v) is 4.14. The van der Waals surface area contributed by atoms with E-state index in [1.807, 2.05) is 0 Å². The Kier molecular flexibility index (Phi) is 2.62. The Balaban J connectivity index is 1.93. The van der Waals surface area contributed by atoms with Gasteiger partial charge in [0.25, 0.3) is 0 Å². The van der Waals surface area contributed by atoms with Gasteiger partial charge in [-0.2, -0.15) is 4.37 Å². The van der Waals surface area contributed by atoms with Crippen molar-refractivity contribution in [1.82, 2.24) is 14.3 Å². The summed E-state index contributed by atoms with van der Waals surface area (Å²) >= 11 is 1.41. The number of carboxylic acid groups (broad SMARTS) is 1. The third kappa shape index (κ3) is 1.84. The van der Waals surface area contributed by atoms with E-state index in [9.17, 15) is 4.79 Å². The Bertz CT molecular complexity index is 306. The van der Waals surface area contributed by atoms with Gasteiger partial charge in [-0.25, -0.2) is 9.78 Å². The normalized spacial score (nSPS) is 18.4. The average Bonchev–Trinajstić information content (AvgIpc) is 2.71. The Hall–Kier alpha value is -1.17. The molecule has 1 saturated heterocycles. The second-order valence-electron chi connectivity index (χ2n) is 3.32. The van der Waals surface area contributed by atoms with Gasteiger partial charge in [-0.3, -0.25) is 0 Å². The van der Waals surface area contributed by atoms with Crippen LogP contribution in [0.4, 0.5) is 4.79 Å². The molecule has 0 bridgehead atoms. The maximum Gasteiger partial charge on any atom is 0.407 e. The number of hydrogen-bond acceptors (Lipinski definition) is 4. The number of carbonyl (C=O) groups is 1. The van der Waals surface area contributed by atoms with E-state index in [-0.39, 0.29) is 0 Å². The van der Waals surface area contributed by atoms with Crippen LogP contribution in [0.2, 0.25) is 0 Å². The van der Waals surface area contributed by atoms with Crippen LogP contribution in [0.3, 0.4) is 0 Å². The first-order valence-electron chi connectivity index (χ1n) is 4.52. The number of amides is 1. The van der Waals surface area contributed by atoms with Gasteiger partial charge in [0.05, 0.1) is 0 Å². The highest BCUT2D eigenvalue weighted by atomic mass is 32.1. The molecule has 1 aromatic heterocycles. The Morgan fingerprint density at radius 3 is 2.79 bits per heavy atom. The molecule has 1 fully saturated rings. The van der Waals surface area contributed by atoms with Gasteiger partial charge in [-0.1, -0.05) is 0 Å². The number of aromatic nitrogens is 2. The van der Waals surface area contributed by atoms with Crippen molar-refractivity contribution >= 4 is 17.6 Å². The minimum atomic E-state index is -0.819. The molecule has 2 heterocycles. The minimum Gasteiger partial charge on any atom is -0.465 e. The van der Waals surface area contributed by atoms with Crippen molar-refractivity contribution < 1.29 is 9.90 Å². The molecule has 1 aliphatic rings. The minimum absolute atomic E-state index is 0.401. The molecule has 0 spiro atoms. The summed E-state index contributed by atoms with van der Waals surface area (Å²) in [5, 5.41) is 9.79. The van der Waals surface area contributed by atoms with Gasteiger partial charge < -0.3 is 10.0 Å². The van der Waals surface area contributed by atoms with Gasteiger partial charge >= 0.3 is 6.09 Å². The molecule has 6 heteroatoms. The van der Waals surface area contributed by atoms with Gasteiger partial charge in [0.15, 0.2) is 0 Å². The Morgan fingerprint density at radius 2 is 2.29 bits per heavy atom. The van der Waals surface area contributed by atoms with Crippen molar-refractivity contribution in [2.45, 2.75) is 18.8 Å². The van der Waals surface area contributed by atoms with E-state index in [2.05, 4.69) is 9.36 Å². The van der Waals surface area contributed by atoms with Crippen molar-refractivity contribution in [3.05, 3.63) is 11.3 Å². The lowest BCUT2D eigenvalue weighted by atomic mass is 9.98. The van der Waals surface area contributed by atoms with E-state index in [0.29, 0.717) is 19.0 Å². The van der Waals surface area contributed by atoms with Gasteiger partial charge in [0.1, 0.15) is 11.3 Å². The van der Waals surface area contributed by atoms with Gasteiger partial charge in [-0.05, 0) is 24.4 Å². The standard InChI is InChI=1S/C8H11N3O2S/c12-8(13)11-3-1-6(2-4-11)7-9-5-10-14-7/h5-6H,1-4H2,(H,12,13). The van der Waals surface area contributed by atoms with Gasteiger partial charge in [0.2, 0.25) is 0 Å². The lowest BCUT2D eigenvalue weighted by Crippen LogP contribution is -2.36. The fourth-order valence-corrected chi connectivity index (χ4v) is 2.36. The van der Waals surface area contributed by atoms with Crippen LogP contribution in [-0.4, -0.2) is 38.5 Å². The quantitative estimate of drug-likeness (QED) is 0.765. The zero-order valence-corrected chi connectivity index (χ0v) is 8.40. The molecular formula is C8H11N3O2S. The van der Waals surface area contributed by atoms with E-state index >= 15 is 0 Å². The highest BCUT2D eigenvalue weighted by molar-refractivity contribution is 7.05. The monoisotopic (exact) mass is 213 g/mol. The number of rotatable bonds is 1. The molecule has 0 atom stereocenters. The number of nitrogens with zero attached hydrogens (tertiary/aromatic N) is 3. The van der Waals surface area contributed by atoms with Gasteiger partial charge in [0, 0.05) is 19.0 Å². The smallest absolute Gasteiger partial charge is 0.407 e. The summed E-state index contributed by atoms with van der Waals surface area (Å²) < 4.78 is 3.95. The number of piperidine rings is 1. The lowest BCUT2D eigenvalue weighted by Gasteiger charge is -2.28. The van der Waals surface area contributed by atoms with Crippen molar-refractivity contribution in [2.24, 2.45) is 0 Å². The van der Waals surface area contributed by atoms with Crippen molar-refractivity contribution in [3.8, 4) is 0 Å². The summed E-state index contributed by atoms with van der Waals surface area (Å²) in [7, 11) is 0. The van der Waals surface area contributed by atoms with E-state index in [1.54, 1.807) is 6.33 Å². The fourth-order valence-electron chi connectivity index (χ4n) is 1.68. The predicted molar refractivity (Wildman–Crippen MR) is 51.5 cm³/mol. The maximum absolute atomic E-state index is 10.6. The molecule has 1 N–H and O–H groups in total. The Morgan fingerprint density at radius 1 is 1.57 bits per heavy atom. The zero-order valence-electron chi connectivity index (χ0n) is 7.59. The first kappa shape index (κ1) is 9.39. The van der Waals surface area contributed by atoms with E-state index in [1.165, 1.54) is 16.4 Å². The summed E-state index contributed by atoms with van der Waals surface area (Å²) in [5.74, 6) is 0.401. The molecule has 1 aromatic rings. The SMILES string of the molecule is O=C(O)N1CCC(c2ncns2)CC1. The fraction of sp³-hybridized carbons (Fsp3) is 0.625. The molecule has 0 aromatic carbocycles. The average molecular weight is 213 g/mol. The van der Waals surface area contributed by atoms with Gasteiger partial charge in [-0.15, -0.1) is 0 Å². The molecular weight excluding hydrogens is 202 g/mol. The molecule has 0 saturated carbocycles. The van der Waals surface area contributed by atoms with E-state index < -0.39 is 6.09 Å². The third-order valence-electron chi connectivity index (χ3n) is 2.49. The predicted octanol–water partition coefficient (Wildman–Crippen LogP) is 1.40. The summed E-state index contributed by atoms with van der Waals surface area (Å²) in [5.41, 5.74) is 0. The molecule has 1 amide bonds. The highest BCUT2D eigenvalue weighted by Gasteiger charge is 2.24. The summed E-state index contributed by atoms with van der Waals surface area (Å²) in [4.78, 5) is 16.3. The largest absolute Gasteiger partial charge is 0.465 e. The molecule has 76 valence electrons. The maximum atomic E-state index is 10.6. The van der Waals surface area contributed by atoms with Crippen LogP contribution in [0.15, 0.2) is 6.33 Å². The topological polar surface area (TPSA) is 66.3 Å². The van der Waals surface area contributed by atoms with Crippen LogP contribution in [0.1, 0.15) is 23.8 Å². The first-order chi connectivity index (χ1) is 6.77. The molecule has 0 radical (unpaired) electrons. The second kappa shape index (κ2) is 3.91. The van der Waals surface area contributed by atoms with Crippen LogP contribution >= 0.6 is 11.5 Å². The Labute approximate surface area is 85.6 Å². The molecule has 5 nitrogen and oxygen atoms in total. The van der Waals surface area contributed by atoms with Crippen molar-refractivity contribution in [3.63, 3.8) is 0 Å².